The number of halogens is 2. The predicted octanol–water partition coefficient (Wildman–Crippen LogP) is 4.67. The fraction of sp³-hybridized carbons (Fsp3) is 0.111. The van der Waals surface area contributed by atoms with Crippen molar-refractivity contribution in [1.29, 1.82) is 0 Å². The highest BCUT2D eigenvalue weighted by atomic mass is 32.2. The molecule has 1 saturated heterocycles. The van der Waals surface area contributed by atoms with Gasteiger partial charge in [-0.15, -0.1) is 0 Å². The molecule has 0 saturated carbocycles. The fourth-order valence-corrected chi connectivity index (χ4v) is 4.30. The molecule has 0 spiro atoms. The Labute approximate surface area is 225 Å². The van der Waals surface area contributed by atoms with Gasteiger partial charge in [-0.3, -0.25) is 24.1 Å². The molecule has 0 atom stereocenters. The van der Waals surface area contributed by atoms with Gasteiger partial charge in [0.15, 0.2) is 18.1 Å². The van der Waals surface area contributed by atoms with Crippen molar-refractivity contribution in [2.45, 2.75) is 0 Å². The highest BCUT2D eigenvalue weighted by Crippen LogP contribution is 2.34. The van der Waals surface area contributed by atoms with Crippen molar-refractivity contribution in [3.63, 3.8) is 0 Å². The zero-order chi connectivity index (χ0) is 27.9. The molecule has 3 aromatic rings. The molecule has 39 heavy (non-hydrogen) atoms. The van der Waals surface area contributed by atoms with Crippen molar-refractivity contribution in [1.82, 2.24) is 4.90 Å². The minimum absolute atomic E-state index is 0.0907. The molecule has 0 bridgehead atoms. The Morgan fingerprint density at radius 3 is 2.36 bits per heavy atom. The maximum atomic E-state index is 13.3. The lowest BCUT2D eigenvalue weighted by Gasteiger charge is -2.12. The summed E-state index contributed by atoms with van der Waals surface area (Å²) in [5.41, 5.74) is 1.11. The Morgan fingerprint density at radius 2 is 1.64 bits per heavy atom. The van der Waals surface area contributed by atoms with Gasteiger partial charge in [-0.2, -0.15) is 0 Å². The number of imide groups is 1. The van der Waals surface area contributed by atoms with Crippen molar-refractivity contribution in [3.8, 4) is 11.5 Å². The van der Waals surface area contributed by atoms with Crippen LogP contribution in [0.1, 0.15) is 5.56 Å². The van der Waals surface area contributed by atoms with E-state index in [1.165, 1.54) is 61.7 Å². The molecule has 4 rings (SSSR count). The summed E-state index contributed by atoms with van der Waals surface area (Å²) < 4.78 is 37.2. The van der Waals surface area contributed by atoms with Crippen molar-refractivity contribution in [2.75, 3.05) is 30.9 Å². The van der Waals surface area contributed by atoms with Crippen LogP contribution in [0.4, 0.5) is 25.0 Å². The molecule has 4 amide bonds. The maximum Gasteiger partial charge on any atom is 0.294 e. The molecule has 12 heteroatoms. The van der Waals surface area contributed by atoms with Crippen LogP contribution in [0.15, 0.2) is 71.6 Å². The van der Waals surface area contributed by atoms with Gasteiger partial charge in [0, 0.05) is 11.4 Å². The third-order valence-electron chi connectivity index (χ3n) is 5.26. The van der Waals surface area contributed by atoms with Gasteiger partial charge in [0.05, 0.1) is 12.0 Å². The highest BCUT2D eigenvalue weighted by Gasteiger charge is 2.36. The van der Waals surface area contributed by atoms with Crippen molar-refractivity contribution < 1.29 is 37.4 Å². The Kier molecular flexibility index (Phi) is 8.56. The second kappa shape index (κ2) is 12.2. The number of amides is 4. The summed E-state index contributed by atoms with van der Waals surface area (Å²) >= 11 is 0.671. The number of ether oxygens (including phenoxy) is 2. The Morgan fingerprint density at radius 1 is 0.897 bits per heavy atom. The lowest BCUT2D eigenvalue weighted by atomic mass is 10.2. The van der Waals surface area contributed by atoms with E-state index in [1.54, 1.807) is 12.1 Å². The van der Waals surface area contributed by atoms with E-state index >= 15 is 0 Å². The first kappa shape index (κ1) is 27.3. The molecule has 1 fully saturated rings. The highest BCUT2D eigenvalue weighted by molar-refractivity contribution is 8.18. The monoisotopic (exact) mass is 553 g/mol. The van der Waals surface area contributed by atoms with Gasteiger partial charge in [0.1, 0.15) is 18.2 Å². The van der Waals surface area contributed by atoms with E-state index in [9.17, 15) is 28.0 Å². The minimum atomic E-state index is -0.657. The van der Waals surface area contributed by atoms with E-state index in [1.807, 2.05) is 0 Å². The SMILES string of the molecule is COc1cc(/C=C2/SC(=O)N(CC(=O)Nc3cccc(F)c3)C2=O)ccc1OCC(=O)Nc1ccc(F)cc1. The Bertz CT molecular complexity index is 1460. The molecule has 1 aliphatic rings. The van der Waals surface area contributed by atoms with Crippen molar-refractivity contribution >= 4 is 52.2 Å². The zero-order valence-corrected chi connectivity index (χ0v) is 21.2. The molecule has 0 unspecified atom stereocenters. The van der Waals surface area contributed by atoms with Gasteiger partial charge in [0.25, 0.3) is 17.1 Å². The van der Waals surface area contributed by atoms with Crippen molar-refractivity contribution in [3.05, 3.63) is 88.8 Å². The standard InChI is InChI=1S/C27H21F2N3O6S/c1-37-22-11-16(5-10-21(22)38-15-25(34)30-19-8-6-17(28)7-9-19)12-23-26(35)32(27(36)39-23)14-24(33)31-20-4-2-3-18(29)13-20/h2-13H,14-15H2,1H3,(H,30,34)(H,31,33)/b23-12+. The van der Waals surface area contributed by atoms with Gasteiger partial charge >= 0.3 is 0 Å². The smallest absolute Gasteiger partial charge is 0.294 e. The molecule has 1 aliphatic heterocycles. The number of hydrogen-bond acceptors (Lipinski definition) is 7. The van der Waals surface area contributed by atoms with Crippen LogP contribution in [-0.2, 0) is 14.4 Å². The number of hydrogen-bond donors (Lipinski definition) is 2. The molecule has 200 valence electrons. The van der Waals surface area contributed by atoms with Crippen LogP contribution < -0.4 is 20.1 Å². The van der Waals surface area contributed by atoms with Gasteiger partial charge < -0.3 is 20.1 Å². The summed E-state index contributed by atoms with van der Waals surface area (Å²) in [4.78, 5) is 50.5. The van der Waals surface area contributed by atoms with E-state index in [0.29, 0.717) is 23.0 Å². The molecule has 0 aliphatic carbocycles. The summed E-state index contributed by atoms with van der Waals surface area (Å²) in [6, 6.07) is 15.2. The number of nitrogens with zero attached hydrogens (tertiary/aromatic N) is 1. The Hall–Kier alpha value is -4.71. The van der Waals surface area contributed by atoms with Crippen LogP contribution >= 0.6 is 11.8 Å². The molecule has 3 aromatic carbocycles. The number of anilines is 2. The normalized spacial score (nSPS) is 13.9. The van der Waals surface area contributed by atoms with Crippen LogP contribution in [0.25, 0.3) is 6.08 Å². The number of benzene rings is 3. The maximum absolute atomic E-state index is 13.3. The molecule has 2 N–H and O–H groups in total. The summed E-state index contributed by atoms with van der Waals surface area (Å²) in [6.07, 6.45) is 1.46. The second-order valence-electron chi connectivity index (χ2n) is 8.08. The van der Waals surface area contributed by atoms with E-state index in [2.05, 4.69) is 10.6 Å². The number of thioether (sulfide) groups is 1. The molecule has 1 heterocycles. The second-order valence-corrected chi connectivity index (χ2v) is 9.07. The van der Waals surface area contributed by atoms with Crippen LogP contribution in [0.5, 0.6) is 11.5 Å². The predicted molar refractivity (Wildman–Crippen MR) is 141 cm³/mol. The lowest BCUT2D eigenvalue weighted by Crippen LogP contribution is -2.36. The first-order valence-electron chi connectivity index (χ1n) is 11.4. The van der Waals surface area contributed by atoms with Gasteiger partial charge in [-0.1, -0.05) is 12.1 Å². The van der Waals surface area contributed by atoms with E-state index in [4.69, 9.17) is 9.47 Å². The van der Waals surface area contributed by atoms with E-state index < -0.39 is 41.1 Å². The number of rotatable bonds is 9. The summed E-state index contributed by atoms with van der Waals surface area (Å²) in [5, 5.41) is 4.40. The van der Waals surface area contributed by atoms with Gasteiger partial charge in [0.2, 0.25) is 5.91 Å². The topological polar surface area (TPSA) is 114 Å². The number of methoxy groups -OCH3 is 1. The summed E-state index contributed by atoms with van der Waals surface area (Å²) in [6.45, 7) is -0.877. The lowest BCUT2D eigenvalue weighted by molar-refractivity contribution is -0.127. The first-order valence-corrected chi connectivity index (χ1v) is 12.2. The molecular weight excluding hydrogens is 532 g/mol. The van der Waals surface area contributed by atoms with E-state index in [0.717, 1.165) is 11.0 Å². The zero-order valence-electron chi connectivity index (χ0n) is 20.4. The molecule has 0 radical (unpaired) electrons. The van der Waals surface area contributed by atoms with Crippen molar-refractivity contribution in [2.24, 2.45) is 0 Å². The van der Waals surface area contributed by atoms with Crippen LogP contribution in [-0.4, -0.2) is 48.1 Å². The van der Waals surface area contributed by atoms with Crippen LogP contribution in [0.2, 0.25) is 0 Å². The van der Waals surface area contributed by atoms with Crippen LogP contribution in [0, 0.1) is 11.6 Å². The quantitative estimate of drug-likeness (QED) is 0.371. The molecule has 9 nitrogen and oxygen atoms in total. The Balaban J connectivity index is 1.37. The van der Waals surface area contributed by atoms with Crippen LogP contribution in [0.3, 0.4) is 0 Å². The minimum Gasteiger partial charge on any atom is -0.493 e. The summed E-state index contributed by atoms with van der Waals surface area (Å²) in [5.74, 6) is -2.22. The fourth-order valence-electron chi connectivity index (χ4n) is 3.46. The molecular formula is C27H21F2N3O6S. The average Bonchev–Trinajstić information content (AvgIpc) is 3.16. The summed E-state index contributed by atoms with van der Waals surface area (Å²) in [7, 11) is 1.40. The third-order valence-corrected chi connectivity index (χ3v) is 6.16. The number of carbonyl (C=O) groups is 4. The number of carbonyl (C=O) groups excluding carboxylic acids is 4. The van der Waals surface area contributed by atoms with Gasteiger partial charge in [-0.25, -0.2) is 8.78 Å². The third kappa shape index (κ3) is 7.20. The average molecular weight is 554 g/mol. The van der Waals surface area contributed by atoms with Gasteiger partial charge in [-0.05, 0) is 78.0 Å². The number of nitrogens with one attached hydrogen (secondary N) is 2. The van der Waals surface area contributed by atoms with E-state index in [-0.39, 0.29) is 28.7 Å². The largest absolute Gasteiger partial charge is 0.493 e. The molecule has 0 aromatic heterocycles. The first-order chi connectivity index (χ1) is 18.7.